The molecule has 188 valence electrons. The number of alkyl halides is 1. The lowest BCUT2D eigenvalue weighted by Crippen LogP contribution is -2.30. The molecule has 0 saturated heterocycles. The predicted molar refractivity (Wildman–Crippen MR) is 172 cm³/mol. The van der Waals surface area contributed by atoms with Gasteiger partial charge in [-0.3, -0.25) is 0 Å². The number of hydrogen-bond donors (Lipinski definition) is 0. The molecule has 5 aliphatic carbocycles. The largest absolute Gasteiger partial charge is 0.0842 e. The van der Waals surface area contributed by atoms with Crippen LogP contribution in [0, 0.1) is 0 Å². The fourth-order valence-corrected chi connectivity index (χ4v) is 9.22. The molecule has 2 unspecified atom stereocenters. The molecule has 5 aliphatic rings. The summed E-state index contributed by atoms with van der Waals surface area (Å²) in [4.78, 5) is 0.359. The summed E-state index contributed by atoms with van der Waals surface area (Å²) < 4.78 is 1.16. The number of hydrogen-bond acceptors (Lipinski definition) is 0. The summed E-state index contributed by atoms with van der Waals surface area (Å²) in [7, 11) is 0. The first-order valence-electron chi connectivity index (χ1n) is 14.1. The summed E-state index contributed by atoms with van der Waals surface area (Å²) in [5.74, 6) is 0. The van der Waals surface area contributed by atoms with E-state index in [-0.39, 0.29) is 5.41 Å². The molecule has 0 heterocycles. The SMILES string of the molecule is Brc1ccc2c(c1)C1(C3=C(C=CCC3)c3cc4c5c(c6ccccc6c4cc31)C=CCC5)C1=C2C=CC(Br)C1. The summed E-state index contributed by atoms with van der Waals surface area (Å²) in [6.45, 7) is 0. The van der Waals surface area contributed by atoms with E-state index >= 15 is 0 Å². The Hall–Kier alpha value is -2.94. The smallest absolute Gasteiger partial charge is 0.0652 e. The Morgan fingerprint density at radius 2 is 1.49 bits per heavy atom. The molecule has 4 aromatic carbocycles. The molecule has 0 nitrogen and oxygen atoms in total. The minimum absolute atomic E-state index is 0.203. The molecule has 39 heavy (non-hydrogen) atoms. The summed E-state index contributed by atoms with van der Waals surface area (Å²) >= 11 is 7.86. The van der Waals surface area contributed by atoms with Crippen LogP contribution in [0.5, 0.6) is 0 Å². The van der Waals surface area contributed by atoms with Crippen molar-refractivity contribution in [1.82, 2.24) is 0 Å². The third-order valence-corrected chi connectivity index (χ3v) is 10.9. The third kappa shape index (κ3) is 2.84. The second kappa shape index (κ2) is 8.05. The van der Waals surface area contributed by atoms with Gasteiger partial charge in [0.25, 0.3) is 0 Å². The van der Waals surface area contributed by atoms with Crippen molar-refractivity contribution in [1.29, 1.82) is 0 Å². The predicted octanol–water partition coefficient (Wildman–Crippen LogP) is 10.6. The Morgan fingerprint density at radius 1 is 0.692 bits per heavy atom. The summed E-state index contributed by atoms with van der Waals surface area (Å²) in [6, 6.07) is 21.2. The molecule has 0 N–H and O–H groups in total. The highest BCUT2D eigenvalue weighted by atomic mass is 79.9. The van der Waals surface area contributed by atoms with Crippen LogP contribution in [0.3, 0.4) is 0 Å². The topological polar surface area (TPSA) is 0 Å². The van der Waals surface area contributed by atoms with Crippen molar-refractivity contribution >= 4 is 70.6 Å². The quantitative estimate of drug-likeness (QED) is 0.134. The maximum Gasteiger partial charge on any atom is 0.0652 e. The maximum atomic E-state index is 3.99. The minimum Gasteiger partial charge on any atom is -0.0842 e. The van der Waals surface area contributed by atoms with Crippen molar-refractivity contribution in [3.05, 3.63) is 134 Å². The number of fused-ring (bicyclic) bond motifs is 14. The molecule has 9 rings (SSSR count). The van der Waals surface area contributed by atoms with Crippen LogP contribution in [0.25, 0.3) is 38.8 Å². The Balaban J connectivity index is 1.47. The zero-order valence-corrected chi connectivity index (χ0v) is 24.7. The van der Waals surface area contributed by atoms with Crippen molar-refractivity contribution in [2.45, 2.75) is 42.3 Å². The second-order valence-corrected chi connectivity index (χ2v) is 13.7. The van der Waals surface area contributed by atoms with Crippen molar-refractivity contribution in [3.8, 4) is 0 Å². The standard InChI is InChI=1S/C37H26Br2/c38-21-13-15-28-29-16-14-22(39)18-35(29)37(34(28)17-21)33-12-6-5-11-27(33)32-19-30-25-9-3-1-7-23(25)24-8-2-4-10-26(24)31(30)20-36(32)37/h1-2,4-5,7-8,10-11,13-17,19-20,22H,3,6,9,12,18H2. The first-order valence-corrected chi connectivity index (χ1v) is 15.8. The monoisotopic (exact) mass is 628 g/mol. The molecule has 0 amide bonds. The Bertz CT molecular complexity index is 1960. The van der Waals surface area contributed by atoms with Crippen molar-refractivity contribution in [2.75, 3.05) is 0 Å². The second-order valence-electron chi connectivity index (χ2n) is 11.6. The number of allylic oxidation sites excluding steroid dienone is 9. The average Bonchev–Trinajstić information content (AvgIpc) is 3.42. The fourth-order valence-electron chi connectivity index (χ4n) is 8.38. The molecule has 4 aromatic rings. The number of halogens is 2. The molecular weight excluding hydrogens is 604 g/mol. The van der Waals surface area contributed by atoms with E-state index in [1.165, 1.54) is 66.1 Å². The van der Waals surface area contributed by atoms with Gasteiger partial charge in [-0.25, -0.2) is 0 Å². The van der Waals surface area contributed by atoms with Gasteiger partial charge in [-0.15, -0.1) is 0 Å². The lowest BCUT2D eigenvalue weighted by Gasteiger charge is -2.37. The minimum atomic E-state index is -0.203. The summed E-state index contributed by atoms with van der Waals surface area (Å²) in [5.41, 5.74) is 14.6. The van der Waals surface area contributed by atoms with Crippen LogP contribution < -0.4 is 0 Å². The van der Waals surface area contributed by atoms with E-state index in [4.69, 9.17) is 0 Å². The molecule has 0 saturated carbocycles. The highest BCUT2D eigenvalue weighted by Gasteiger charge is 2.54. The van der Waals surface area contributed by atoms with Crippen LogP contribution in [-0.4, -0.2) is 4.83 Å². The Labute approximate surface area is 245 Å². The highest BCUT2D eigenvalue weighted by Crippen LogP contribution is 2.65. The van der Waals surface area contributed by atoms with Gasteiger partial charge in [0, 0.05) is 9.30 Å². The first kappa shape index (κ1) is 22.8. The van der Waals surface area contributed by atoms with E-state index in [1.54, 1.807) is 11.1 Å². The summed E-state index contributed by atoms with van der Waals surface area (Å²) in [5, 5.41) is 5.61. The van der Waals surface area contributed by atoms with Crippen LogP contribution >= 0.6 is 31.9 Å². The van der Waals surface area contributed by atoms with Gasteiger partial charge in [-0.05, 0) is 134 Å². The van der Waals surface area contributed by atoms with Crippen LogP contribution in [-0.2, 0) is 11.8 Å². The fraction of sp³-hybridized carbons (Fsp3) is 0.189. The molecule has 0 aliphatic heterocycles. The molecule has 0 bridgehead atoms. The Kier molecular flexibility index (Phi) is 4.72. The normalized spacial score (nSPS) is 24.0. The molecular formula is C37H26Br2. The van der Waals surface area contributed by atoms with Crippen molar-refractivity contribution < 1.29 is 0 Å². The first-order chi connectivity index (χ1) is 19.2. The average molecular weight is 630 g/mol. The van der Waals surface area contributed by atoms with Gasteiger partial charge >= 0.3 is 0 Å². The van der Waals surface area contributed by atoms with Crippen LogP contribution in [0.1, 0.15) is 59.1 Å². The van der Waals surface area contributed by atoms with E-state index in [0.29, 0.717) is 4.83 Å². The molecule has 2 atom stereocenters. The van der Waals surface area contributed by atoms with Crippen molar-refractivity contribution in [3.63, 3.8) is 0 Å². The van der Waals surface area contributed by atoms with Gasteiger partial charge in [0.15, 0.2) is 0 Å². The Morgan fingerprint density at radius 3 is 2.41 bits per heavy atom. The molecule has 1 spiro atoms. The molecule has 0 radical (unpaired) electrons. The van der Waals surface area contributed by atoms with E-state index in [1.807, 2.05) is 0 Å². The molecule has 0 aromatic heterocycles. The van der Waals surface area contributed by atoms with Gasteiger partial charge in [0.2, 0.25) is 0 Å². The zero-order chi connectivity index (χ0) is 25.9. The van der Waals surface area contributed by atoms with E-state index in [2.05, 4.69) is 123 Å². The van der Waals surface area contributed by atoms with Gasteiger partial charge in [-0.1, -0.05) is 98.6 Å². The number of benzene rings is 4. The van der Waals surface area contributed by atoms with E-state index < -0.39 is 0 Å². The molecule has 2 heteroatoms. The van der Waals surface area contributed by atoms with Gasteiger partial charge in [0.05, 0.1) is 5.41 Å². The lowest BCUT2D eigenvalue weighted by atomic mass is 9.65. The zero-order valence-electron chi connectivity index (χ0n) is 21.5. The lowest BCUT2D eigenvalue weighted by molar-refractivity contribution is 0.665. The number of rotatable bonds is 0. The highest BCUT2D eigenvalue weighted by molar-refractivity contribution is 9.10. The van der Waals surface area contributed by atoms with Gasteiger partial charge in [0.1, 0.15) is 0 Å². The van der Waals surface area contributed by atoms with Crippen molar-refractivity contribution in [2.24, 2.45) is 0 Å². The van der Waals surface area contributed by atoms with Gasteiger partial charge < -0.3 is 0 Å². The summed E-state index contributed by atoms with van der Waals surface area (Å²) in [6.07, 6.45) is 19.7. The number of aryl methyl sites for hydroxylation is 1. The maximum absolute atomic E-state index is 3.99. The van der Waals surface area contributed by atoms with Crippen LogP contribution in [0.4, 0.5) is 0 Å². The third-order valence-electron chi connectivity index (χ3n) is 9.80. The van der Waals surface area contributed by atoms with Gasteiger partial charge in [-0.2, -0.15) is 0 Å². The van der Waals surface area contributed by atoms with E-state index in [0.717, 1.165) is 36.6 Å². The van der Waals surface area contributed by atoms with Crippen LogP contribution in [0.15, 0.2) is 101 Å². The molecule has 0 fully saturated rings. The van der Waals surface area contributed by atoms with Crippen LogP contribution in [0.2, 0.25) is 0 Å². The van der Waals surface area contributed by atoms with E-state index in [9.17, 15) is 0 Å².